The number of thiophene rings is 1. The SMILES string of the molecule is C[C@H](NC(=O)C(=O)Nc1cccc(C#N)c1)c1csc2ccccc12. The second-order valence-electron chi connectivity index (χ2n) is 5.53. The van der Waals surface area contributed by atoms with Crippen LogP contribution < -0.4 is 10.6 Å². The topological polar surface area (TPSA) is 82.0 Å². The maximum Gasteiger partial charge on any atom is 0.313 e. The van der Waals surface area contributed by atoms with E-state index >= 15 is 0 Å². The molecule has 5 nitrogen and oxygen atoms in total. The van der Waals surface area contributed by atoms with Crippen LogP contribution in [0.25, 0.3) is 10.1 Å². The zero-order valence-corrected chi connectivity index (χ0v) is 14.3. The lowest BCUT2D eigenvalue weighted by Gasteiger charge is -2.13. The molecule has 2 aromatic carbocycles. The van der Waals surface area contributed by atoms with Crippen molar-refractivity contribution in [2.75, 3.05) is 5.32 Å². The average molecular weight is 349 g/mol. The van der Waals surface area contributed by atoms with Crippen molar-refractivity contribution in [2.24, 2.45) is 0 Å². The van der Waals surface area contributed by atoms with Crippen LogP contribution in [0, 0.1) is 11.3 Å². The molecule has 0 aliphatic carbocycles. The number of nitrogens with zero attached hydrogens (tertiary/aromatic N) is 1. The Bertz CT molecular complexity index is 987. The highest BCUT2D eigenvalue weighted by Crippen LogP contribution is 2.29. The number of fused-ring (bicyclic) bond motifs is 1. The minimum Gasteiger partial charge on any atom is -0.341 e. The predicted octanol–water partition coefficient (Wildman–Crippen LogP) is 3.59. The van der Waals surface area contributed by atoms with Gasteiger partial charge in [0.1, 0.15) is 0 Å². The summed E-state index contributed by atoms with van der Waals surface area (Å²) in [4.78, 5) is 24.2. The number of carbonyl (C=O) groups excluding carboxylic acids is 2. The van der Waals surface area contributed by atoms with E-state index < -0.39 is 11.8 Å². The molecule has 0 bridgehead atoms. The van der Waals surface area contributed by atoms with Gasteiger partial charge in [-0.3, -0.25) is 9.59 Å². The number of nitriles is 1. The fraction of sp³-hybridized carbons (Fsp3) is 0.105. The number of rotatable bonds is 3. The van der Waals surface area contributed by atoms with Crippen molar-refractivity contribution in [1.29, 1.82) is 5.26 Å². The summed E-state index contributed by atoms with van der Waals surface area (Å²) >= 11 is 1.60. The van der Waals surface area contributed by atoms with Crippen LogP contribution in [0.1, 0.15) is 24.1 Å². The maximum absolute atomic E-state index is 12.2. The monoisotopic (exact) mass is 349 g/mol. The van der Waals surface area contributed by atoms with Gasteiger partial charge in [0.25, 0.3) is 0 Å². The highest BCUT2D eigenvalue weighted by atomic mass is 32.1. The third kappa shape index (κ3) is 3.67. The zero-order valence-electron chi connectivity index (χ0n) is 13.4. The Balaban J connectivity index is 1.68. The highest BCUT2D eigenvalue weighted by Gasteiger charge is 2.19. The summed E-state index contributed by atoms with van der Waals surface area (Å²) in [7, 11) is 0. The molecule has 1 atom stereocenters. The van der Waals surface area contributed by atoms with Crippen LogP contribution in [-0.4, -0.2) is 11.8 Å². The van der Waals surface area contributed by atoms with E-state index in [0.29, 0.717) is 11.3 Å². The van der Waals surface area contributed by atoms with Gasteiger partial charge in [-0.15, -0.1) is 11.3 Å². The minimum atomic E-state index is -0.763. The van der Waals surface area contributed by atoms with Gasteiger partial charge in [-0.1, -0.05) is 24.3 Å². The normalized spacial score (nSPS) is 11.5. The van der Waals surface area contributed by atoms with Crippen LogP contribution in [-0.2, 0) is 9.59 Å². The van der Waals surface area contributed by atoms with Crippen LogP contribution in [0.4, 0.5) is 5.69 Å². The molecule has 3 rings (SSSR count). The van der Waals surface area contributed by atoms with Gasteiger partial charge in [0.2, 0.25) is 0 Å². The molecule has 0 saturated carbocycles. The summed E-state index contributed by atoms with van der Waals surface area (Å²) in [5.41, 5.74) is 1.80. The summed E-state index contributed by atoms with van der Waals surface area (Å²) in [6.45, 7) is 1.84. The first kappa shape index (κ1) is 16.7. The predicted molar refractivity (Wildman–Crippen MR) is 98.2 cm³/mol. The Morgan fingerprint density at radius 3 is 2.72 bits per heavy atom. The largest absolute Gasteiger partial charge is 0.341 e. The van der Waals surface area contributed by atoms with E-state index in [-0.39, 0.29) is 6.04 Å². The van der Waals surface area contributed by atoms with Crippen molar-refractivity contribution < 1.29 is 9.59 Å². The first-order valence-electron chi connectivity index (χ1n) is 7.66. The van der Waals surface area contributed by atoms with Crippen molar-refractivity contribution in [3.63, 3.8) is 0 Å². The number of anilines is 1. The van der Waals surface area contributed by atoms with Crippen molar-refractivity contribution in [3.8, 4) is 6.07 Å². The Morgan fingerprint density at radius 2 is 1.92 bits per heavy atom. The minimum absolute atomic E-state index is 0.292. The van der Waals surface area contributed by atoms with Crippen LogP contribution in [0.2, 0.25) is 0 Å². The van der Waals surface area contributed by atoms with E-state index in [4.69, 9.17) is 5.26 Å². The molecule has 0 saturated heterocycles. The van der Waals surface area contributed by atoms with Crippen molar-refractivity contribution in [2.45, 2.75) is 13.0 Å². The fourth-order valence-electron chi connectivity index (χ4n) is 2.53. The Hall–Kier alpha value is -3.17. The van der Waals surface area contributed by atoms with E-state index in [2.05, 4.69) is 10.6 Å². The molecule has 0 aliphatic heterocycles. The molecule has 2 amide bonds. The molecule has 0 spiro atoms. The summed E-state index contributed by atoms with van der Waals surface area (Å²) in [6.07, 6.45) is 0. The molecular weight excluding hydrogens is 334 g/mol. The highest BCUT2D eigenvalue weighted by molar-refractivity contribution is 7.17. The third-order valence-electron chi connectivity index (χ3n) is 3.78. The van der Waals surface area contributed by atoms with Gasteiger partial charge in [0.05, 0.1) is 17.7 Å². The average Bonchev–Trinajstić information content (AvgIpc) is 3.06. The van der Waals surface area contributed by atoms with E-state index in [1.54, 1.807) is 29.5 Å². The standard InChI is InChI=1S/C19H15N3O2S/c1-12(16-11-25-17-8-3-2-7-15(16)17)21-18(23)19(24)22-14-6-4-5-13(9-14)10-20/h2-9,11-12H,1H3,(H,21,23)(H,22,24)/t12-/m0/s1. The molecule has 0 unspecified atom stereocenters. The lowest BCUT2D eigenvalue weighted by molar-refractivity contribution is -0.136. The van der Waals surface area contributed by atoms with Crippen LogP contribution in [0.5, 0.6) is 0 Å². The van der Waals surface area contributed by atoms with E-state index in [9.17, 15) is 9.59 Å². The number of carbonyl (C=O) groups is 2. The Kier molecular flexibility index (Phi) is 4.78. The maximum atomic E-state index is 12.2. The lowest BCUT2D eigenvalue weighted by atomic mass is 10.1. The molecule has 1 heterocycles. The number of amides is 2. The molecule has 0 radical (unpaired) electrons. The third-order valence-corrected chi connectivity index (χ3v) is 4.76. The van der Waals surface area contributed by atoms with Crippen LogP contribution in [0.15, 0.2) is 53.9 Å². The molecule has 0 fully saturated rings. The molecule has 25 heavy (non-hydrogen) atoms. The van der Waals surface area contributed by atoms with Crippen LogP contribution >= 0.6 is 11.3 Å². The lowest BCUT2D eigenvalue weighted by Crippen LogP contribution is -2.36. The van der Waals surface area contributed by atoms with Gasteiger partial charge in [-0.2, -0.15) is 5.26 Å². The molecule has 3 aromatic rings. The summed E-state index contributed by atoms with van der Waals surface area (Å²) in [6, 6.07) is 16.0. The fourth-order valence-corrected chi connectivity index (χ4v) is 3.58. The molecule has 6 heteroatoms. The van der Waals surface area contributed by atoms with E-state index in [0.717, 1.165) is 15.6 Å². The smallest absolute Gasteiger partial charge is 0.313 e. The molecule has 2 N–H and O–H groups in total. The number of hydrogen-bond donors (Lipinski definition) is 2. The number of nitrogens with one attached hydrogen (secondary N) is 2. The quantitative estimate of drug-likeness (QED) is 0.709. The summed E-state index contributed by atoms with van der Waals surface area (Å²) in [5.74, 6) is -1.48. The first-order valence-corrected chi connectivity index (χ1v) is 8.54. The molecule has 0 aliphatic rings. The summed E-state index contributed by atoms with van der Waals surface area (Å²) < 4.78 is 1.14. The van der Waals surface area contributed by atoms with E-state index in [1.807, 2.05) is 42.6 Å². The first-order chi connectivity index (χ1) is 12.1. The van der Waals surface area contributed by atoms with Gasteiger partial charge >= 0.3 is 11.8 Å². The second-order valence-corrected chi connectivity index (χ2v) is 6.44. The van der Waals surface area contributed by atoms with Gasteiger partial charge in [0.15, 0.2) is 0 Å². The molecular formula is C19H15N3O2S. The Labute approximate surface area is 148 Å². The van der Waals surface area contributed by atoms with Gasteiger partial charge < -0.3 is 10.6 Å². The molecule has 1 aromatic heterocycles. The zero-order chi connectivity index (χ0) is 17.8. The second kappa shape index (κ2) is 7.16. The van der Waals surface area contributed by atoms with Gasteiger partial charge in [-0.25, -0.2) is 0 Å². The van der Waals surface area contributed by atoms with Gasteiger partial charge in [-0.05, 0) is 47.5 Å². The number of hydrogen-bond acceptors (Lipinski definition) is 4. The van der Waals surface area contributed by atoms with Crippen molar-refractivity contribution in [1.82, 2.24) is 5.32 Å². The Morgan fingerprint density at radius 1 is 1.12 bits per heavy atom. The summed E-state index contributed by atoms with van der Waals surface area (Å²) in [5, 5.41) is 17.2. The van der Waals surface area contributed by atoms with E-state index in [1.165, 1.54) is 6.07 Å². The van der Waals surface area contributed by atoms with Crippen molar-refractivity contribution in [3.05, 3.63) is 65.0 Å². The molecule has 124 valence electrons. The van der Waals surface area contributed by atoms with Crippen molar-refractivity contribution >= 4 is 38.9 Å². The van der Waals surface area contributed by atoms with Crippen LogP contribution in [0.3, 0.4) is 0 Å². The number of benzene rings is 2. The van der Waals surface area contributed by atoms with Gasteiger partial charge in [0, 0.05) is 10.4 Å².